The lowest BCUT2D eigenvalue weighted by Crippen LogP contribution is -2.49. The molecule has 21 heavy (non-hydrogen) atoms. The molecule has 114 valence electrons. The summed E-state index contributed by atoms with van der Waals surface area (Å²) in [6.45, 7) is 4.31. The maximum absolute atomic E-state index is 12.3. The van der Waals surface area contributed by atoms with Crippen LogP contribution >= 0.6 is 0 Å². The van der Waals surface area contributed by atoms with E-state index in [1.807, 2.05) is 0 Å². The Bertz CT molecular complexity index is 575. The minimum absolute atomic E-state index is 0.0499. The molecule has 1 heterocycles. The van der Waals surface area contributed by atoms with Crippen molar-refractivity contribution in [2.24, 2.45) is 11.1 Å². The summed E-state index contributed by atoms with van der Waals surface area (Å²) in [7, 11) is 0. The molecule has 2 unspecified atom stereocenters. The van der Waals surface area contributed by atoms with Crippen molar-refractivity contribution in [1.29, 1.82) is 0 Å². The van der Waals surface area contributed by atoms with Crippen LogP contribution in [0.15, 0.2) is 18.2 Å². The third kappa shape index (κ3) is 2.88. The molecule has 1 aromatic carbocycles. The minimum atomic E-state index is -0.755. The highest BCUT2D eigenvalue weighted by Gasteiger charge is 2.44. The Kier molecular flexibility index (Phi) is 4.24. The number of carbonyl (C=O) groups is 1. The Hall–Kier alpha value is -1.99. The van der Waals surface area contributed by atoms with Crippen LogP contribution in [-0.2, 0) is 16.1 Å². The van der Waals surface area contributed by atoms with E-state index in [2.05, 4.69) is 5.32 Å². The van der Waals surface area contributed by atoms with Crippen LogP contribution in [0.5, 0.6) is 0 Å². The largest absolute Gasteiger partial charge is 0.379 e. The van der Waals surface area contributed by atoms with E-state index >= 15 is 0 Å². The summed E-state index contributed by atoms with van der Waals surface area (Å²) in [5.74, 6) is -0.196. The van der Waals surface area contributed by atoms with Crippen molar-refractivity contribution in [2.75, 3.05) is 13.2 Å². The number of hydrogen-bond donors (Lipinski definition) is 2. The number of amides is 1. The summed E-state index contributed by atoms with van der Waals surface area (Å²) in [6, 6.07) is 4.47. The minimum Gasteiger partial charge on any atom is -0.379 e. The maximum atomic E-state index is 12.3. The Balaban J connectivity index is 2.09. The fraction of sp³-hybridized carbons (Fsp3) is 0.500. The zero-order valence-electron chi connectivity index (χ0n) is 12.1. The zero-order valence-corrected chi connectivity index (χ0v) is 12.1. The SMILES string of the molecule is Cc1c(CNC(=O)C2(C)COCC2N)cccc1[N+](=O)[O-]. The molecule has 1 fully saturated rings. The van der Waals surface area contributed by atoms with Gasteiger partial charge in [0.25, 0.3) is 5.69 Å². The van der Waals surface area contributed by atoms with E-state index in [9.17, 15) is 14.9 Å². The highest BCUT2D eigenvalue weighted by atomic mass is 16.6. The molecule has 0 bridgehead atoms. The number of nitrogens with two attached hydrogens (primary N) is 1. The first kappa shape index (κ1) is 15.4. The molecule has 1 aromatic rings. The fourth-order valence-corrected chi connectivity index (χ4v) is 2.36. The van der Waals surface area contributed by atoms with E-state index in [0.29, 0.717) is 17.7 Å². The molecule has 1 aliphatic rings. The molecule has 2 atom stereocenters. The van der Waals surface area contributed by atoms with Crippen LogP contribution in [-0.4, -0.2) is 30.1 Å². The van der Waals surface area contributed by atoms with Crippen molar-refractivity contribution in [3.8, 4) is 0 Å². The van der Waals surface area contributed by atoms with Crippen molar-refractivity contribution in [3.05, 3.63) is 39.4 Å². The number of nitro benzene ring substituents is 1. The predicted octanol–water partition coefficient (Wildman–Crippen LogP) is 0.883. The van der Waals surface area contributed by atoms with Crippen molar-refractivity contribution in [1.82, 2.24) is 5.32 Å². The molecule has 0 spiro atoms. The number of nitro groups is 1. The highest BCUT2D eigenvalue weighted by molar-refractivity contribution is 5.83. The molecule has 0 radical (unpaired) electrons. The van der Waals surface area contributed by atoms with Gasteiger partial charge in [0.05, 0.1) is 23.6 Å². The van der Waals surface area contributed by atoms with Gasteiger partial charge in [-0.3, -0.25) is 14.9 Å². The Morgan fingerprint density at radius 1 is 1.62 bits per heavy atom. The molecular weight excluding hydrogens is 274 g/mol. The summed E-state index contributed by atoms with van der Waals surface area (Å²) in [5, 5.41) is 13.7. The number of carbonyl (C=O) groups excluding carboxylic acids is 1. The quantitative estimate of drug-likeness (QED) is 0.633. The molecule has 7 heteroatoms. The van der Waals surface area contributed by atoms with Crippen LogP contribution < -0.4 is 11.1 Å². The Morgan fingerprint density at radius 2 is 2.33 bits per heavy atom. The lowest BCUT2D eigenvalue weighted by Gasteiger charge is -2.25. The van der Waals surface area contributed by atoms with Crippen molar-refractivity contribution < 1.29 is 14.5 Å². The predicted molar refractivity (Wildman–Crippen MR) is 76.6 cm³/mol. The van der Waals surface area contributed by atoms with Crippen LogP contribution in [0.2, 0.25) is 0 Å². The van der Waals surface area contributed by atoms with Crippen LogP contribution in [0.25, 0.3) is 0 Å². The average Bonchev–Trinajstić information content (AvgIpc) is 2.78. The molecular formula is C14H19N3O4. The van der Waals surface area contributed by atoms with E-state index in [1.165, 1.54) is 6.07 Å². The van der Waals surface area contributed by atoms with Crippen LogP contribution in [0, 0.1) is 22.5 Å². The van der Waals surface area contributed by atoms with E-state index < -0.39 is 10.3 Å². The Labute approximate surface area is 122 Å². The first-order valence-electron chi connectivity index (χ1n) is 6.71. The van der Waals surface area contributed by atoms with Crippen LogP contribution in [0.3, 0.4) is 0 Å². The number of benzene rings is 1. The lowest BCUT2D eigenvalue weighted by molar-refractivity contribution is -0.385. The van der Waals surface area contributed by atoms with Gasteiger partial charge in [-0.05, 0) is 19.4 Å². The topological polar surface area (TPSA) is 107 Å². The van der Waals surface area contributed by atoms with E-state index in [0.717, 1.165) is 0 Å². The summed E-state index contributed by atoms with van der Waals surface area (Å²) >= 11 is 0. The monoisotopic (exact) mass is 293 g/mol. The lowest BCUT2D eigenvalue weighted by atomic mass is 9.85. The molecule has 7 nitrogen and oxygen atoms in total. The van der Waals surface area contributed by atoms with Gasteiger partial charge in [-0.2, -0.15) is 0 Å². The van der Waals surface area contributed by atoms with Gasteiger partial charge in [0, 0.05) is 24.2 Å². The third-order valence-corrected chi connectivity index (χ3v) is 4.09. The van der Waals surface area contributed by atoms with Gasteiger partial charge in [-0.15, -0.1) is 0 Å². The molecule has 0 saturated carbocycles. The maximum Gasteiger partial charge on any atom is 0.272 e. The van der Waals surface area contributed by atoms with Crippen molar-refractivity contribution in [3.63, 3.8) is 0 Å². The highest BCUT2D eigenvalue weighted by Crippen LogP contribution is 2.27. The third-order valence-electron chi connectivity index (χ3n) is 4.09. The number of hydrogen-bond acceptors (Lipinski definition) is 5. The van der Waals surface area contributed by atoms with Gasteiger partial charge in [-0.1, -0.05) is 12.1 Å². The zero-order chi connectivity index (χ0) is 15.6. The van der Waals surface area contributed by atoms with E-state index in [4.69, 9.17) is 10.5 Å². The first-order valence-corrected chi connectivity index (χ1v) is 6.71. The van der Waals surface area contributed by atoms with E-state index in [-0.39, 0.29) is 30.8 Å². The van der Waals surface area contributed by atoms with Crippen molar-refractivity contribution in [2.45, 2.75) is 26.4 Å². The molecule has 1 saturated heterocycles. The molecule has 3 N–H and O–H groups in total. The standard InChI is InChI=1S/C14H19N3O4/c1-9-10(4-3-5-11(9)17(19)20)6-16-13(18)14(2)8-21-7-12(14)15/h3-5,12H,6-8,15H2,1-2H3,(H,16,18). The average molecular weight is 293 g/mol. The van der Waals surface area contributed by atoms with Gasteiger partial charge in [0.15, 0.2) is 0 Å². The second-order valence-corrected chi connectivity index (χ2v) is 5.54. The second-order valence-electron chi connectivity index (χ2n) is 5.54. The van der Waals surface area contributed by atoms with Gasteiger partial charge in [0.1, 0.15) is 0 Å². The summed E-state index contributed by atoms with van der Waals surface area (Å²) in [4.78, 5) is 22.7. The smallest absolute Gasteiger partial charge is 0.272 e. The molecule has 2 rings (SSSR count). The number of nitrogens with one attached hydrogen (secondary N) is 1. The normalized spacial score (nSPS) is 24.8. The molecule has 0 aromatic heterocycles. The summed E-state index contributed by atoms with van der Waals surface area (Å²) in [6.07, 6.45) is 0. The van der Waals surface area contributed by atoms with Gasteiger partial charge >= 0.3 is 0 Å². The molecule has 0 aliphatic carbocycles. The second kappa shape index (κ2) is 5.79. The fourth-order valence-electron chi connectivity index (χ4n) is 2.36. The van der Waals surface area contributed by atoms with Gasteiger partial charge in [-0.25, -0.2) is 0 Å². The van der Waals surface area contributed by atoms with Gasteiger partial charge in [0.2, 0.25) is 5.91 Å². The van der Waals surface area contributed by atoms with Crippen LogP contribution in [0.4, 0.5) is 5.69 Å². The number of rotatable bonds is 4. The number of nitrogens with zero attached hydrogens (tertiary/aromatic N) is 1. The number of ether oxygens (including phenoxy) is 1. The first-order chi connectivity index (χ1) is 9.86. The van der Waals surface area contributed by atoms with Crippen LogP contribution in [0.1, 0.15) is 18.1 Å². The van der Waals surface area contributed by atoms with Crippen molar-refractivity contribution >= 4 is 11.6 Å². The summed E-state index contributed by atoms with van der Waals surface area (Å²) in [5.41, 5.74) is 6.47. The Morgan fingerprint density at radius 3 is 2.90 bits per heavy atom. The van der Waals surface area contributed by atoms with Gasteiger partial charge < -0.3 is 15.8 Å². The summed E-state index contributed by atoms with van der Waals surface area (Å²) < 4.78 is 5.24. The molecule has 1 aliphatic heterocycles. The molecule has 1 amide bonds. The van der Waals surface area contributed by atoms with E-state index in [1.54, 1.807) is 26.0 Å².